The molecule has 3 aliphatic rings. The van der Waals surface area contributed by atoms with Crippen LogP contribution in [0.2, 0.25) is 0 Å². The van der Waals surface area contributed by atoms with E-state index in [1.165, 1.54) is 24.0 Å². The van der Waals surface area contributed by atoms with Crippen molar-refractivity contribution in [2.24, 2.45) is 17.3 Å². The van der Waals surface area contributed by atoms with Gasteiger partial charge in [0.15, 0.2) is 0 Å². The highest BCUT2D eigenvalue weighted by molar-refractivity contribution is 5.40. The van der Waals surface area contributed by atoms with Crippen molar-refractivity contribution in [2.45, 2.75) is 64.0 Å². The van der Waals surface area contributed by atoms with Crippen molar-refractivity contribution in [3.05, 3.63) is 29.3 Å². The Morgan fingerprint density at radius 2 is 2.05 bits per heavy atom. The smallest absolute Gasteiger partial charge is 0.119 e. The van der Waals surface area contributed by atoms with Crippen LogP contribution in [0.15, 0.2) is 18.2 Å². The van der Waals surface area contributed by atoms with Crippen LogP contribution in [-0.4, -0.2) is 13.3 Å². The summed E-state index contributed by atoms with van der Waals surface area (Å²) >= 11 is 0. The normalized spacial score (nSPS) is 40.3. The van der Waals surface area contributed by atoms with Gasteiger partial charge in [-0.3, -0.25) is 0 Å². The lowest BCUT2D eigenvalue weighted by Crippen LogP contribution is -2.49. The summed E-state index contributed by atoms with van der Waals surface area (Å²) in [4.78, 5) is 0. The second-order valence-electron chi connectivity index (χ2n) is 7.92. The van der Waals surface area contributed by atoms with Crippen molar-refractivity contribution in [1.82, 2.24) is 0 Å². The lowest BCUT2D eigenvalue weighted by atomic mass is 9.50. The number of ether oxygens (including phenoxy) is 1. The molecule has 3 aliphatic carbocycles. The third-order valence-corrected chi connectivity index (χ3v) is 7.06. The van der Waals surface area contributed by atoms with E-state index in [9.17, 15) is 4.39 Å². The highest BCUT2D eigenvalue weighted by Crippen LogP contribution is 2.60. The lowest BCUT2D eigenvalue weighted by molar-refractivity contribution is -0.0627. The van der Waals surface area contributed by atoms with Gasteiger partial charge in [0.05, 0.1) is 7.11 Å². The van der Waals surface area contributed by atoms with Gasteiger partial charge in [0, 0.05) is 5.41 Å². The SMILES string of the molecule is COc1ccc2c(c1)[C@H]1CC[C@]3(C)C(F)CCC[C@H]3[C@@H]1CC2. The van der Waals surface area contributed by atoms with Gasteiger partial charge in [0.25, 0.3) is 0 Å². The molecule has 0 aliphatic heterocycles. The first-order valence-corrected chi connectivity index (χ1v) is 8.94. The molecular formula is C20H27FO. The first-order chi connectivity index (χ1) is 10.6. The molecule has 5 atom stereocenters. The van der Waals surface area contributed by atoms with Gasteiger partial charge in [0.1, 0.15) is 11.9 Å². The van der Waals surface area contributed by atoms with Crippen molar-refractivity contribution < 1.29 is 9.13 Å². The quantitative estimate of drug-likeness (QED) is 0.686. The number of rotatable bonds is 1. The van der Waals surface area contributed by atoms with Crippen molar-refractivity contribution in [3.63, 3.8) is 0 Å². The van der Waals surface area contributed by atoms with E-state index in [1.807, 2.05) is 0 Å². The van der Waals surface area contributed by atoms with Crippen LogP contribution in [0.3, 0.4) is 0 Å². The van der Waals surface area contributed by atoms with Gasteiger partial charge in [-0.05, 0) is 79.5 Å². The molecule has 0 N–H and O–H groups in total. The fourth-order valence-electron chi connectivity index (χ4n) is 5.80. The minimum absolute atomic E-state index is 0.0597. The Bertz CT molecular complexity index is 569. The maximum absolute atomic E-state index is 14.7. The molecule has 1 aromatic carbocycles. The van der Waals surface area contributed by atoms with Gasteiger partial charge < -0.3 is 4.74 Å². The number of methoxy groups -OCH3 is 1. The zero-order valence-corrected chi connectivity index (χ0v) is 13.8. The zero-order chi connectivity index (χ0) is 15.3. The summed E-state index contributed by atoms with van der Waals surface area (Å²) in [5.41, 5.74) is 2.94. The maximum atomic E-state index is 14.7. The molecule has 1 aromatic rings. The molecule has 120 valence electrons. The molecule has 1 nitrogen and oxygen atoms in total. The van der Waals surface area contributed by atoms with Crippen molar-refractivity contribution in [3.8, 4) is 5.75 Å². The molecular weight excluding hydrogens is 275 g/mol. The Balaban J connectivity index is 1.70. The van der Waals surface area contributed by atoms with E-state index < -0.39 is 6.17 Å². The van der Waals surface area contributed by atoms with Gasteiger partial charge in [-0.2, -0.15) is 0 Å². The van der Waals surface area contributed by atoms with Crippen LogP contribution in [0.4, 0.5) is 4.39 Å². The van der Waals surface area contributed by atoms with E-state index in [1.54, 1.807) is 7.11 Å². The molecule has 2 heteroatoms. The van der Waals surface area contributed by atoms with Gasteiger partial charge >= 0.3 is 0 Å². The van der Waals surface area contributed by atoms with Crippen LogP contribution in [0.1, 0.15) is 62.5 Å². The van der Waals surface area contributed by atoms with Crippen LogP contribution in [-0.2, 0) is 6.42 Å². The lowest BCUT2D eigenvalue weighted by Gasteiger charge is -2.55. The van der Waals surface area contributed by atoms with Gasteiger partial charge in [0.2, 0.25) is 0 Å². The molecule has 0 amide bonds. The molecule has 0 spiro atoms. The summed E-state index contributed by atoms with van der Waals surface area (Å²) in [7, 11) is 1.74. The highest BCUT2D eigenvalue weighted by Gasteiger charge is 2.53. The number of aryl methyl sites for hydroxylation is 1. The Morgan fingerprint density at radius 1 is 1.18 bits per heavy atom. The fraction of sp³-hybridized carbons (Fsp3) is 0.700. The third-order valence-electron chi connectivity index (χ3n) is 7.06. The second kappa shape index (κ2) is 5.25. The number of alkyl halides is 1. The average molecular weight is 302 g/mol. The summed E-state index contributed by atoms with van der Waals surface area (Å²) in [5.74, 6) is 2.85. The molecule has 0 heterocycles. The van der Waals surface area contributed by atoms with Crippen LogP contribution in [0.25, 0.3) is 0 Å². The Morgan fingerprint density at radius 3 is 2.86 bits per heavy atom. The van der Waals surface area contributed by atoms with Gasteiger partial charge in [-0.1, -0.05) is 19.4 Å². The Labute approximate surface area is 133 Å². The second-order valence-corrected chi connectivity index (χ2v) is 7.92. The van der Waals surface area contributed by atoms with E-state index in [0.29, 0.717) is 17.8 Å². The Kier molecular flexibility index (Phi) is 3.47. The standard InChI is InChI=1S/C20H27FO/c1-20-11-10-15-16(18(20)4-3-5-19(20)21)9-7-13-6-8-14(22-2)12-17(13)15/h6,8,12,15-16,18-19H,3-5,7,9-11H2,1-2H3/t15-,16+,18-,19?,20-/m0/s1. The fourth-order valence-corrected chi connectivity index (χ4v) is 5.80. The molecule has 0 saturated heterocycles. The van der Waals surface area contributed by atoms with Crippen LogP contribution in [0.5, 0.6) is 5.75 Å². The number of fused-ring (bicyclic) bond motifs is 5. The largest absolute Gasteiger partial charge is 0.497 e. The van der Waals surface area contributed by atoms with E-state index in [4.69, 9.17) is 4.74 Å². The zero-order valence-electron chi connectivity index (χ0n) is 13.8. The van der Waals surface area contributed by atoms with Crippen LogP contribution in [0, 0.1) is 17.3 Å². The summed E-state index contributed by atoms with van der Waals surface area (Å²) in [6.45, 7) is 2.23. The van der Waals surface area contributed by atoms with Crippen LogP contribution >= 0.6 is 0 Å². The third kappa shape index (κ3) is 2.02. The van der Waals surface area contributed by atoms with Gasteiger partial charge in [-0.15, -0.1) is 0 Å². The van der Waals surface area contributed by atoms with Crippen molar-refractivity contribution in [1.29, 1.82) is 0 Å². The Hall–Kier alpha value is -1.05. The molecule has 22 heavy (non-hydrogen) atoms. The molecule has 2 saturated carbocycles. The molecule has 2 fully saturated rings. The minimum atomic E-state index is -0.584. The van der Waals surface area contributed by atoms with Crippen LogP contribution < -0.4 is 4.74 Å². The number of hydrogen-bond donors (Lipinski definition) is 0. The summed E-state index contributed by atoms with van der Waals surface area (Å²) < 4.78 is 20.1. The molecule has 0 aromatic heterocycles. The monoisotopic (exact) mass is 302 g/mol. The maximum Gasteiger partial charge on any atom is 0.119 e. The number of hydrogen-bond acceptors (Lipinski definition) is 1. The van der Waals surface area contributed by atoms with Crippen molar-refractivity contribution >= 4 is 0 Å². The topological polar surface area (TPSA) is 9.23 Å². The highest BCUT2D eigenvalue weighted by atomic mass is 19.1. The molecule has 4 rings (SSSR count). The molecule has 1 unspecified atom stereocenters. The van der Waals surface area contributed by atoms with E-state index >= 15 is 0 Å². The summed E-state index contributed by atoms with van der Waals surface area (Å²) in [5, 5.41) is 0. The minimum Gasteiger partial charge on any atom is -0.497 e. The summed E-state index contributed by atoms with van der Waals surface area (Å²) in [6, 6.07) is 6.59. The van der Waals surface area contributed by atoms with Gasteiger partial charge in [-0.25, -0.2) is 4.39 Å². The first-order valence-electron chi connectivity index (χ1n) is 8.94. The van der Waals surface area contributed by atoms with E-state index in [-0.39, 0.29) is 5.41 Å². The van der Waals surface area contributed by atoms with Crippen molar-refractivity contribution in [2.75, 3.05) is 7.11 Å². The van der Waals surface area contributed by atoms with E-state index in [0.717, 1.165) is 37.9 Å². The molecule has 0 bridgehead atoms. The average Bonchev–Trinajstić information content (AvgIpc) is 2.55. The predicted molar refractivity (Wildman–Crippen MR) is 87.1 cm³/mol. The van der Waals surface area contributed by atoms with E-state index in [2.05, 4.69) is 25.1 Å². The molecule has 0 radical (unpaired) electrons. The number of halogens is 1. The predicted octanol–water partition coefficient (Wildman–Crippen LogP) is 5.28. The first kappa shape index (κ1) is 14.5. The number of benzene rings is 1. The summed E-state index contributed by atoms with van der Waals surface area (Å²) in [6.07, 6.45) is 7.12.